The van der Waals surface area contributed by atoms with Gasteiger partial charge >= 0.3 is 0 Å². The van der Waals surface area contributed by atoms with Gasteiger partial charge in [-0.3, -0.25) is 0 Å². The van der Waals surface area contributed by atoms with Crippen molar-refractivity contribution in [3.8, 4) is 22.9 Å². The molecule has 1 aliphatic rings. The van der Waals surface area contributed by atoms with Crippen LogP contribution in [0.5, 0.6) is 11.5 Å². The minimum Gasteiger partial charge on any atom is -0.486 e. The Kier molecular flexibility index (Phi) is 3.13. The van der Waals surface area contributed by atoms with Gasteiger partial charge in [-0.15, -0.1) is 0 Å². The Balaban J connectivity index is 1.95. The van der Waals surface area contributed by atoms with Crippen LogP contribution in [0, 0.1) is 6.92 Å². The number of fused-ring (bicyclic) bond motifs is 1. The van der Waals surface area contributed by atoms with Gasteiger partial charge in [-0.1, -0.05) is 0 Å². The first-order valence-corrected chi connectivity index (χ1v) is 6.38. The minimum absolute atomic E-state index is 0.596. The van der Waals surface area contributed by atoms with Gasteiger partial charge in [0.1, 0.15) is 19.0 Å². The minimum atomic E-state index is 0.596. The second-order valence-electron chi connectivity index (χ2n) is 4.55. The van der Waals surface area contributed by atoms with Crippen molar-refractivity contribution in [1.29, 1.82) is 0 Å². The molecule has 1 aromatic carbocycles. The summed E-state index contributed by atoms with van der Waals surface area (Å²) in [6.45, 7) is 3.99. The third-order valence-corrected chi connectivity index (χ3v) is 3.15. The number of nitrogens with zero attached hydrogens (tertiary/aromatic N) is 1. The second kappa shape index (κ2) is 4.93. The lowest BCUT2D eigenvalue weighted by Gasteiger charge is -2.18. The zero-order valence-corrected chi connectivity index (χ0v) is 11.1. The van der Waals surface area contributed by atoms with E-state index in [1.807, 2.05) is 32.2 Å². The largest absolute Gasteiger partial charge is 0.486 e. The van der Waals surface area contributed by atoms with Crippen molar-refractivity contribution in [1.82, 2.24) is 15.3 Å². The summed E-state index contributed by atoms with van der Waals surface area (Å²) in [7, 11) is 1.91. The molecule has 3 rings (SSSR count). The van der Waals surface area contributed by atoms with E-state index in [-0.39, 0.29) is 0 Å². The lowest BCUT2D eigenvalue weighted by molar-refractivity contribution is 0.171. The number of H-pyrrole nitrogens is 1. The van der Waals surface area contributed by atoms with Crippen LogP contribution in [-0.2, 0) is 6.54 Å². The molecule has 5 heteroatoms. The van der Waals surface area contributed by atoms with Crippen molar-refractivity contribution in [3.63, 3.8) is 0 Å². The fourth-order valence-electron chi connectivity index (χ4n) is 2.16. The first-order chi connectivity index (χ1) is 9.28. The molecule has 0 amide bonds. The van der Waals surface area contributed by atoms with Crippen molar-refractivity contribution < 1.29 is 9.47 Å². The van der Waals surface area contributed by atoms with Crippen molar-refractivity contribution in [2.75, 3.05) is 20.3 Å². The van der Waals surface area contributed by atoms with Crippen molar-refractivity contribution in [3.05, 3.63) is 29.6 Å². The number of rotatable bonds is 3. The number of aromatic amines is 1. The Morgan fingerprint density at radius 1 is 1.26 bits per heavy atom. The number of ether oxygens (including phenoxy) is 2. The van der Waals surface area contributed by atoms with Gasteiger partial charge in [-0.2, -0.15) is 0 Å². The zero-order chi connectivity index (χ0) is 13.2. The number of aryl methyl sites for hydroxylation is 1. The summed E-state index contributed by atoms with van der Waals surface area (Å²) in [5.74, 6) is 2.45. The molecule has 0 radical (unpaired) electrons. The average molecular weight is 259 g/mol. The van der Waals surface area contributed by atoms with Crippen LogP contribution in [0.4, 0.5) is 0 Å². The molecule has 5 nitrogen and oxygen atoms in total. The highest BCUT2D eigenvalue weighted by Gasteiger charge is 2.14. The van der Waals surface area contributed by atoms with Crippen LogP contribution >= 0.6 is 0 Å². The number of aromatic nitrogens is 2. The molecule has 0 saturated carbocycles. The van der Waals surface area contributed by atoms with E-state index < -0.39 is 0 Å². The first-order valence-electron chi connectivity index (χ1n) is 6.38. The number of hydrogen-bond acceptors (Lipinski definition) is 4. The van der Waals surface area contributed by atoms with Crippen LogP contribution in [0.2, 0.25) is 0 Å². The quantitative estimate of drug-likeness (QED) is 0.883. The summed E-state index contributed by atoms with van der Waals surface area (Å²) < 4.78 is 11.1. The number of benzene rings is 1. The molecule has 2 N–H and O–H groups in total. The topological polar surface area (TPSA) is 59.2 Å². The lowest BCUT2D eigenvalue weighted by atomic mass is 10.2. The normalized spacial score (nSPS) is 13.6. The van der Waals surface area contributed by atoms with E-state index >= 15 is 0 Å². The fraction of sp³-hybridized carbons (Fsp3) is 0.357. The van der Waals surface area contributed by atoms with Crippen LogP contribution in [0.15, 0.2) is 18.2 Å². The van der Waals surface area contributed by atoms with E-state index in [1.165, 1.54) is 0 Å². The molecule has 0 bridgehead atoms. The van der Waals surface area contributed by atoms with Crippen LogP contribution in [0.25, 0.3) is 11.4 Å². The molecule has 0 unspecified atom stereocenters. The Labute approximate surface area is 112 Å². The van der Waals surface area contributed by atoms with Gasteiger partial charge in [0.15, 0.2) is 11.5 Å². The summed E-state index contributed by atoms with van der Waals surface area (Å²) >= 11 is 0. The van der Waals surface area contributed by atoms with Crippen LogP contribution < -0.4 is 14.8 Å². The third-order valence-electron chi connectivity index (χ3n) is 3.15. The van der Waals surface area contributed by atoms with E-state index in [2.05, 4.69) is 15.3 Å². The highest BCUT2D eigenvalue weighted by atomic mass is 16.6. The number of imidazole rings is 1. The van der Waals surface area contributed by atoms with Crippen molar-refractivity contribution in [2.45, 2.75) is 13.5 Å². The molecule has 1 aromatic heterocycles. The molecule has 19 heavy (non-hydrogen) atoms. The predicted octanol–water partition coefficient (Wildman–Crippen LogP) is 1.88. The van der Waals surface area contributed by atoms with E-state index in [0.717, 1.165) is 40.8 Å². The van der Waals surface area contributed by atoms with Crippen LogP contribution in [0.1, 0.15) is 11.4 Å². The molecular weight excluding hydrogens is 242 g/mol. The Morgan fingerprint density at radius 3 is 2.84 bits per heavy atom. The second-order valence-corrected chi connectivity index (χ2v) is 4.55. The maximum Gasteiger partial charge on any atom is 0.162 e. The fourth-order valence-corrected chi connectivity index (χ4v) is 2.16. The average Bonchev–Trinajstić information content (AvgIpc) is 2.80. The van der Waals surface area contributed by atoms with E-state index in [1.54, 1.807) is 0 Å². The number of hydrogen-bond donors (Lipinski definition) is 2. The molecule has 2 heterocycles. The van der Waals surface area contributed by atoms with Gasteiger partial charge in [0.25, 0.3) is 0 Å². The van der Waals surface area contributed by atoms with Crippen molar-refractivity contribution in [2.24, 2.45) is 0 Å². The van der Waals surface area contributed by atoms with E-state index in [4.69, 9.17) is 9.47 Å². The van der Waals surface area contributed by atoms with Crippen LogP contribution in [-0.4, -0.2) is 30.2 Å². The lowest BCUT2D eigenvalue weighted by Crippen LogP contribution is -2.15. The van der Waals surface area contributed by atoms with E-state index in [9.17, 15) is 0 Å². The van der Waals surface area contributed by atoms with Gasteiger partial charge in [0.2, 0.25) is 0 Å². The van der Waals surface area contributed by atoms with Gasteiger partial charge < -0.3 is 19.8 Å². The molecule has 0 saturated heterocycles. The summed E-state index contributed by atoms with van der Waals surface area (Å²) in [4.78, 5) is 7.91. The molecular formula is C14H17N3O2. The maximum absolute atomic E-state index is 5.59. The maximum atomic E-state index is 5.59. The summed E-state index contributed by atoms with van der Waals surface area (Å²) in [6, 6.07) is 5.89. The smallest absolute Gasteiger partial charge is 0.162 e. The molecule has 0 aliphatic carbocycles. The molecule has 2 aromatic rings. The SMILES string of the molecule is CNCc1nc(-c2ccc3c(c2)OCCO3)[nH]c1C. The highest BCUT2D eigenvalue weighted by molar-refractivity contribution is 5.62. The first kappa shape index (κ1) is 12.0. The highest BCUT2D eigenvalue weighted by Crippen LogP contribution is 2.33. The third kappa shape index (κ3) is 2.29. The zero-order valence-electron chi connectivity index (χ0n) is 11.1. The Morgan fingerprint density at radius 2 is 2.05 bits per heavy atom. The van der Waals surface area contributed by atoms with Crippen LogP contribution in [0.3, 0.4) is 0 Å². The van der Waals surface area contributed by atoms with Gasteiger partial charge in [-0.05, 0) is 32.2 Å². The molecule has 100 valence electrons. The molecule has 0 spiro atoms. The molecule has 0 fully saturated rings. The summed E-state index contributed by atoms with van der Waals surface area (Å²) in [5, 5.41) is 3.11. The van der Waals surface area contributed by atoms with Gasteiger partial charge in [-0.25, -0.2) is 4.98 Å². The Hall–Kier alpha value is -2.01. The molecule has 1 aliphatic heterocycles. The van der Waals surface area contributed by atoms with Crippen molar-refractivity contribution >= 4 is 0 Å². The monoisotopic (exact) mass is 259 g/mol. The summed E-state index contributed by atoms with van der Waals surface area (Å²) in [5.41, 5.74) is 3.13. The summed E-state index contributed by atoms with van der Waals surface area (Å²) in [6.07, 6.45) is 0. The standard InChI is InChI=1S/C14H17N3O2/c1-9-11(8-15-2)17-14(16-9)10-3-4-12-13(7-10)19-6-5-18-12/h3-4,7,15H,5-6,8H2,1-2H3,(H,16,17). The number of nitrogens with one attached hydrogen (secondary N) is 2. The van der Waals surface area contributed by atoms with Gasteiger partial charge in [0.05, 0.1) is 5.69 Å². The molecule has 0 atom stereocenters. The van der Waals surface area contributed by atoms with Gasteiger partial charge in [0, 0.05) is 17.8 Å². The van der Waals surface area contributed by atoms with E-state index in [0.29, 0.717) is 13.2 Å². The Bertz CT molecular complexity index is 592. The predicted molar refractivity (Wildman–Crippen MR) is 72.5 cm³/mol.